The van der Waals surface area contributed by atoms with Crippen molar-refractivity contribution in [2.45, 2.75) is 24.1 Å². The zero-order valence-electron chi connectivity index (χ0n) is 8.86. The van der Waals surface area contributed by atoms with Crippen LogP contribution in [0.5, 0.6) is 0 Å². The van der Waals surface area contributed by atoms with E-state index in [1.165, 1.54) is 0 Å². The second-order valence-corrected chi connectivity index (χ2v) is 5.86. The molecule has 15 heavy (non-hydrogen) atoms. The van der Waals surface area contributed by atoms with Crippen LogP contribution in [-0.2, 0) is 9.53 Å². The van der Waals surface area contributed by atoms with Crippen LogP contribution in [0.3, 0.4) is 0 Å². The topological polar surface area (TPSA) is 38.3 Å². The summed E-state index contributed by atoms with van der Waals surface area (Å²) in [5.74, 6) is -0.0860. The highest BCUT2D eigenvalue weighted by Gasteiger charge is 2.29. The predicted octanol–water partition coefficient (Wildman–Crippen LogP) is 2.54. The average Bonchev–Trinajstić information content (AvgIpc) is 2.08. The first kappa shape index (κ1) is 15.3. The number of amides is 1. The predicted molar refractivity (Wildman–Crippen MR) is 63.6 cm³/mol. The highest BCUT2D eigenvalue weighted by Crippen LogP contribution is 2.25. The van der Waals surface area contributed by atoms with Gasteiger partial charge in [0, 0.05) is 19.8 Å². The number of hydrogen-bond donors (Lipinski definition) is 1. The molecule has 0 aliphatic carbocycles. The quantitative estimate of drug-likeness (QED) is 0.598. The standard InChI is InChI=1S/C9H16Cl3NO2/c1-7(2)6-15-5-3-4-13-8(14)9(10,11)12/h7H,3-6H2,1-2H3,(H,13,14). The zero-order chi connectivity index (χ0) is 11.9. The minimum Gasteiger partial charge on any atom is -0.381 e. The van der Waals surface area contributed by atoms with Crippen molar-refractivity contribution in [2.24, 2.45) is 5.92 Å². The molecule has 3 nitrogen and oxygen atoms in total. The number of halogens is 3. The van der Waals surface area contributed by atoms with Gasteiger partial charge in [0.25, 0.3) is 9.70 Å². The Bertz CT molecular complexity index is 192. The second kappa shape index (κ2) is 7.55. The lowest BCUT2D eigenvalue weighted by molar-refractivity contribution is -0.120. The zero-order valence-corrected chi connectivity index (χ0v) is 11.1. The number of hydrogen-bond acceptors (Lipinski definition) is 2. The molecule has 0 radical (unpaired) electrons. The van der Waals surface area contributed by atoms with E-state index in [4.69, 9.17) is 39.5 Å². The fraction of sp³-hybridized carbons (Fsp3) is 0.889. The molecule has 0 unspecified atom stereocenters. The van der Waals surface area contributed by atoms with Crippen molar-refractivity contribution in [3.8, 4) is 0 Å². The molecule has 0 aromatic heterocycles. The van der Waals surface area contributed by atoms with Crippen molar-refractivity contribution < 1.29 is 9.53 Å². The molecule has 0 heterocycles. The van der Waals surface area contributed by atoms with Crippen LogP contribution in [0.15, 0.2) is 0 Å². The van der Waals surface area contributed by atoms with Crippen LogP contribution in [0.2, 0.25) is 0 Å². The fourth-order valence-electron chi connectivity index (χ4n) is 0.795. The molecular formula is C9H16Cl3NO2. The lowest BCUT2D eigenvalue weighted by Gasteiger charge is -2.11. The van der Waals surface area contributed by atoms with E-state index in [9.17, 15) is 4.79 Å². The van der Waals surface area contributed by atoms with E-state index in [2.05, 4.69) is 19.2 Å². The lowest BCUT2D eigenvalue weighted by Crippen LogP contribution is -2.35. The van der Waals surface area contributed by atoms with Crippen molar-refractivity contribution in [1.29, 1.82) is 0 Å². The van der Waals surface area contributed by atoms with Crippen molar-refractivity contribution in [2.75, 3.05) is 19.8 Å². The van der Waals surface area contributed by atoms with Gasteiger partial charge in [-0.25, -0.2) is 0 Å². The Morgan fingerprint density at radius 2 is 2.00 bits per heavy atom. The van der Waals surface area contributed by atoms with Crippen LogP contribution in [0.4, 0.5) is 0 Å². The number of rotatable bonds is 6. The maximum atomic E-state index is 11.1. The molecule has 0 bridgehead atoms. The summed E-state index contributed by atoms with van der Waals surface area (Å²) in [5, 5.41) is 2.50. The van der Waals surface area contributed by atoms with E-state index in [0.29, 0.717) is 25.5 Å². The summed E-state index contributed by atoms with van der Waals surface area (Å²) in [6.07, 6.45) is 0.708. The van der Waals surface area contributed by atoms with Gasteiger partial charge < -0.3 is 10.1 Å². The summed E-state index contributed by atoms with van der Waals surface area (Å²) >= 11 is 16.1. The summed E-state index contributed by atoms with van der Waals surface area (Å²) in [7, 11) is 0. The van der Waals surface area contributed by atoms with Gasteiger partial charge >= 0.3 is 0 Å². The van der Waals surface area contributed by atoms with E-state index >= 15 is 0 Å². The molecule has 0 atom stereocenters. The third-order valence-electron chi connectivity index (χ3n) is 1.46. The average molecular weight is 277 g/mol. The molecule has 0 rings (SSSR count). The number of carbonyl (C=O) groups excluding carboxylic acids is 1. The Morgan fingerprint density at radius 1 is 1.40 bits per heavy atom. The molecule has 0 aromatic carbocycles. The van der Waals surface area contributed by atoms with Gasteiger partial charge in [0.15, 0.2) is 0 Å². The minimum absolute atomic E-state index is 0.449. The number of carbonyl (C=O) groups is 1. The Morgan fingerprint density at radius 3 is 2.47 bits per heavy atom. The smallest absolute Gasteiger partial charge is 0.272 e. The number of alkyl halides is 3. The number of nitrogens with one attached hydrogen (secondary N) is 1. The van der Waals surface area contributed by atoms with Crippen LogP contribution >= 0.6 is 34.8 Å². The Kier molecular flexibility index (Phi) is 7.70. The highest BCUT2D eigenvalue weighted by molar-refractivity contribution is 6.76. The summed E-state index contributed by atoms with van der Waals surface area (Å²) in [6, 6.07) is 0. The Hall–Kier alpha value is 0.300. The first-order chi connectivity index (χ1) is 6.84. The van der Waals surface area contributed by atoms with Gasteiger partial charge in [-0.2, -0.15) is 0 Å². The third-order valence-corrected chi connectivity index (χ3v) is 1.97. The summed E-state index contributed by atoms with van der Waals surface area (Å²) in [4.78, 5) is 11.1. The van der Waals surface area contributed by atoms with E-state index < -0.39 is 9.70 Å². The van der Waals surface area contributed by atoms with Crippen LogP contribution in [0.25, 0.3) is 0 Å². The van der Waals surface area contributed by atoms with Crippen molar-refractivity contribution in [3.63, 3.8) is 0 Å². The van der Waals surface area contributed by atoms with Gasteiger partial charge in [-0.3, -0.25) is 4.79 Å². The second-order valence-electron chi connectivity index (χ2n) is 3.58. The van der Waals surface area contributed by atoms with Gasteiger partial charge in [-0.15, -0.1) is 0 Å². The molecule has 90 valence electrons. The molecule has 0 spiro atoms. The van der Waals surface area contributed by atoms with Gasteiger partial charge in [-0.1, -0.05) is 48.7 Å². The first-order valence-corrected chi connectivity index (χ1v) is 5.90. The number of ether oxygens (including phenoxy) is 1. The van der Waals surface area contributed by atoms with Crippen molar-refractivity contribution in [1.82, 2.24) is 5.32 Å². The van der Waals surface area contributed by atoms with Gasteiger partial charge in [-0.05, 0) is 12.3 Å². The Balaban J connectivity index is 3.36. The summed E-state index contributed by atoms with van der Waals surface area (Å²) < 4.78 is 3.44. The van der Waals surface area contributed by atoms with E-state index in [1.807, 2.05) is 0 Å². The molecule has 6 heteroatoms. The minimum atomic E-state index is -1.88. The maximum absolute atomic E-state index is 11.1. The SMILES string of the molecule is CC(C)COCCCNC(=O)C(Cl)(Cl)Cl. The van der Waals surface area contributed by atoms with E-state index in [1.54, 1.807) is 0 Å². The molecule has 0 aliphatic rings. The summed E-state index contributed by atoms with van der Waals surface area (Å²) in [5.41, 5.74) is 0. The summed E-state index contributed by atoms with van der Waals surface area (Å²) in [6.45, 7) is 5.91. The molecule has 0 fully saturated rings. The lowest BCUT2D eigenvalue weighted by atomic mass is 10.2. The van der Waals surface area contributed by atoms with Crippen LogP contribution < -0.4 is 5.32 Å². The molecule has 0 aliphatic heterocycles. The molecule has 0 saturated carbocycles. The van der Waals surface area contributed by atoms with Gasteiger partial charge in [0.05, 0.1) is 0 Å². The first-order valence-electron chi connectivity index (χ1n) is 4.76. The molecule has 1 N–H and O–H groups in total. The normalized spacial score (nSPS) is 11.9. The monoisotopic (exact) mass is 275 g/mol. The van der Waals surface area contributed by atoms with Crippen LogP contribution in [0.1, 0.15) is 20.3 Å². The fourth-order valence-corrected chi connectivity index (χ4v) is 0.996. The molecule has 0 aromatic rings. The van der Waals surface area contributed by atoms with Crippen LogP contribution in [0, 0.1) is 5.92 Å². The third kappa shape index (κ3) is 9.24. The van der Waals surface area contributed by atoms with Gasteiger partial charge in [0.1, 0.15) is 0 Å². The molecule has 0 saturated heterocycles. The van der Waals surface area contributed by atoms with E-state index in [-0.39, 0.29) is 0 Å². The highest BCUT2D eigenvalue weighted by atomic mass is 35.6. The Labute approximate surface area is 105 Å². The maximum Gasteiger partial charge on any atom is 0.272 e. The van der Waals surface area contributed by atoms with Gasteiger partial charge in [0.2, 0.25) is 0 Å². The molecule has 1 amide bonds. The van der Waals surface area contributed by atoms with Crippen LogP contribution in [-0.4, -0.2) is 29.5 Å². The largest absolute Gasteiger partial charge is 0.381 e. The van der Waals surface area contributed by atoms with E-state index in [0.717, 1.165) is 6.61 Å². The van der Waals surface area contributed by atoms with Crippen molar-refractivity contribution >= 4 is 40.7 Å². The molecular weight excluding hydrogens is 260 g/mol. The van der Waals surface area contributed by atoms with Crippen molar-refractivity contribution in [3.05, 3.63) is 0 Å².